The summed E-state index contributed by atoms with van der Waals surface area (Å²) in [4.78, 5) is 44.3. The van der Waals surface area contributed by atoms with Crippen LogP contribution in [0.3, 0.4) is 0 Å². The lowest BCUT2D eigenvalue weighted by Crippen LogP contribution is -2.65. The maximum atomic E-state index is 11.4. The molecule has 0 bridgehead atoms. The van der Waals surface area contributed by atoms with E-state index in [2.05, 4.69) is 13.6 Å². The Kier molecular flexibility index (Phi) is 6.94. The Morgan fingerprint density at radius 3 is 1.33 bits per heavy atom. The van der Waals surface area contributed by atoms with Gasteiger partial charge in [-0.3, -0.25) is 18.1 Å². The molecule has 8 N–H and O–H groups in total. The van der Waals surface area contributed by atoms with Gasteiger partial charge in [0.15, 0.2) is 0 Å². The average Bonchev–Trinajstić information content (AvgIpc) is 2.32. The van der Waals surface area contributed by atoms with E-state index < -0.39 is 59.9 Å². The van der Waals surface area contributed by atoms with E-state index in [-0.39, 0.29) is 0 Å². The molecule has 1 aliphatic rings. The van der Waals surface area contributed by atoms with Gasteiger partial charge < -0.3 is 39.8 Å². The molecule has 1 aliphatic carbocycles. The van der Waals surface area contributed by atoms with Crippen molar-refractivity contribution in [2.24, 2.45) is 0 Å². The molecule has 0 aliphatic heterocycles. The topological polar surface area (TPSA) is 241 Å². The highest BCUT2D eigenvalue weighted by atomic mass is 31.2. The second-order valence-corrected chi connectivity index (χ2v) is 9.17. The molecule has 1 fully saturated rings. The molecule has 0 amide bonds. The van der Waals surface area contributed by atoms with Crippen molar-refractivity contribution >= 4 is 23.2 Å². The van der Waals surface area contributed by atoms with E-state index >= 15 is 0 Å². The molecule has 1 rings (SSSR count). The molecule has 0 aromatic rings. The van der Waals surface area contributed by atoms with Gasteiger partial charge in [0.1, 0.15) is 36.6 Å². The fraction of sp³-hybridized carbons (Fsp3) is 1.00. The highest BCUT2D eigenvalue weighted by molar-refractivity contribution is 7.51. The van der Waals surface area contributed by atoms with Crippen molar-refractivity contribution in [2.45, 2.75) is 36.6 Å². The van der Waals surface area contributed by atoms with E-state index in [4.69, 9.17) is 19.6 Å². The molecule has 0 aromatic carbocycles. The monoisotopic (exact) mass is 418 g/mol. The molecule has 17 heteroatoms. The van der Waals surface area contributed by atoms with Crippen LogP contribution in [-0.2, 0) is 27.3 Å². The van der Waals surface area contributed by atoms with Crippen LogP contribution >= 0.6 is 23.2 Å². The van der Waals surface area contributed by atoms with Crippen LogP contribution in [0.15, 0.2) is 0 Å². The molecule has 1 saturated carbocycles. The first-order valence-electron chi connectivity index (χ1n) is 6.02. The third-order valence-corrected chi connectivity index (χ3v) is 4.53. The number of hydrogen-bond acceptors (Lipinski definition) is 9. The van der Waals surface area contributed by atoms with Crippen molar-refractivity contribution in [2.75, 3.05) is 6.66 Å². The number of aliphatic hydroxyl groups excluding tert-OH is 3. The van der Waals surface area contributed by atoms with E-state index in [1.54, 1.807) is 0 Å². The van der Waals surface area contributed by atoms with Crippen LogP contribution in [0.4, 0.5) is 0 Å². The molecule has 0 spiro atoms. The van der Waals surface area contributed by atoms with Gasteiger partial charge in [0.2, 0.25) is 0 Å². The van der Waals surface area contributed by atoms with Crippen LogP contribution in [-0.4, -0.2) is 83.1 Å². The number of phosphoric ester groups is 2. The minimum absolute atomic E-state index is 0.629. The van der Waals surface area contributed by atoms with Crippen LogP contribution in [0.1, 0.15) is 0 Å². The Bertz CT molecular complexity index is 575. The minimum Gasteiger partial charge on any atom is -0.387 e. The van der Waals surface area contributed by atoms with Gasteiger partial charge in [-0.1, -0.05) is 0 Å². The quantitative estimate of drug-likeness (QED) is 0.204. The van der Waals surface area contributed by atoms with Crippen molar-refractivity contribution in [1.29, 1.82) is 0 Å². The predicted molar refractivity (Wildman–Crippen MR) is 72.5 cm³/mol. The fourth-order valence-corrected chi connectivity index (χ4v) is 3.90. The first-order valence-corrected chi connectivity index (χ1v) is 11.1. The largest absolute Gasteiger partial charge is 0.470 e. The zero-order valence-electron chi connectivity index (χ0n) is 11.8. The Hall–Kier alpha value is 0.250. The third-order valence-electron chi connectivity index (χ3n) is 2.86. The number of aliphatic hydroxyl groups is 3. The Balaban J connectivity index is 3.23. The van der Waals surface area contributed by atoms with Crippen LogP contribution in [0, 0.1) is 0 Å². The second kappa shape index (κ2) is 7.47. The zero-order chi connectivity index (χ0) is 19.1. The van der Waals surface area contributed by atoms with Crippen LogP contribution in [0.25, 0.3) is 0 Å². The van der Waals surface area contributed by atoms with Gasteiger partial charge in [0.25, 0.3) is 0 Å². The van der Waals surface area contributed by atoms with Gasteiger partial charge in [-0.15, -0.1) is 0 Å². The SMILES string of the molecule is CP(=O)(O)O[C@H]1[C@H](O)[C@@H](OP(=O)(O)O)[C@@H](O)[C@@H](O)[C@@H]1OP(=O)(O)O. The standard InChI is InChI=1S/C7H17O14P3/c1-22(11,12)19-7-4(10)5(20-23(13,14)15)2(8)3(9)6(7)21-24(16,17)18/h2-10H,1H3,(H,11,12)(H2,13,14,15)(H2,16,17,18)/t2-,3+,4+,5-,6-,7-/m0/s1. The molecule has 144 valence electrons. The molecule has 0 heterocycles. The average molecular weight is 418 g/mol. The van der Waals surface area contributed by atoms with Gasteiger partial charge >= 0.3 is 23.2 Å². The predicted octanol–water partition coefficient (Wildman–Crippen LogP) is -2.76. The molecule has 24 heavy (non-hydrogen) atoms. The lowest BCUT2D eigenvalue weighted by atomic mass is 9.85. The third kappa shape index (κ3) is 6.52. The molecule has 0 aromatic heterocycles. The summed E-state index contributed by atoms with van der Waals surface area (Å²) in [5.41, 5.74) is 0. The fourth-order valence-electron chi connectivity index (χ4n) is 2.08. The summed E-state index contributed by atoms with van der Waals surface area (Å²) >= 11 is 0. The summed E-state index contributed by atoms with van der Waals surface area (Å²) in [7, 11) is -15.0. The van der Waals surface area contributed by atoms with Crippen molar-refractivity contribution in [3.63, 3.8) is 0 Å². The van der Waals surface area contributed by atoms with E-state index in [0.717, 1.165) is 0 Å². The van der Waals surface area contributed by atoms with Gasteiger partial charge in [0, 0.05) is 6.66 Å². The van der Waals surface area contributed by atoms with Crippen molar-refractivity contribution in [3.8, 4) is 0 Å². The maximum Gasteiger partial charge on any atom is 0.470 e. The number of phosphoric acid groups is 2. The molecule has 0 radical (unpaired) electrons. The van der Waals surface area contributed by atoms with Crippen LogP contribution in [0.2, 0.25) is 0 Å². The summed E-state index contributed by atoms with van der Waals surface area (Å²) in [6, 6.07) is 0. The first-order chi connectivity index (χ1) is 10.5. The Morgan fingerprint density at radius 2 is 0.958 bits per heavy atom. The van der Waals surface area contributed by atoms with Crippen molar-refractivity contribution in [1.82, 2.24) is 0 Å². The second-order valence-electron chi connectivity index (χ2n) is 4.97. The van der Waals surface area contributed by atoms with Crippen LogP contribution in [0.5, 0.6) is 0 Å². The van der Waals surface area contributed by atoms with Crippen molar-refractivity contribution < 1.29 is 67.1 Å². The van der Waals surface area contributed by atoms with Gasteiger partial charge in [-0.25, -0.2) is 9.13 Å². The highest BCUT2D eigenvalue weighted by Crippen LogP contribution is 2.49. The molecular formula is C7H17O14P3. The van der Waals surface area contributed by atoms with Gasteiger partial charge in [-0.2, -0.15) is 0 Å². The smallest absolute Gasteiger partial charge is 0.387 e. The van der Waals surface area contributed by atoms with Crippen molar-refractivity contribution in [3.05, 3.63) is 0 Å². The summed E-state index contributed by atoms with van der Waals surface area (Å²) in [5.74, 6) is 0. The Morgan fingerprint density at radius 1 is 0.625 bits per heavy atom. The van der Waals surface area contributed by atoms with E-state index in [1.165, 1.54) is 0 Å². The lowest BCUT2D eigenvalue weighted by Gasteiger charge is -2.44. The first kappa shape index (κ1) is 22.3. The summed E-state index contributed by atoms with van der Waals surface area (Å²) in [6.07, 6.45) is -13.5. The molecular weight excluding hydrogens is 401 g/mol. The zero-order valence-corrected chi connectivity index (χ0v) is 14.5. The molecule has 14 nitrogen and oxygen atoms in total. The summed E-state index contributed by atoms with van der Waals surface area (Å²) in [5, 5.41) is 29.6. The Labute approximate surface area is 134 Å². The molecule has 7 atom stereocenters. The van der Waals surface area contributed by atoms with Gasteiger partial charge in [0.05, 0.1) is 0 Å². The van der Waals surface area contributed by atoms with E-state index in [1.807, 2.05) is 0 Å². The van der Waals surface area contributed by atoms with E-state index in [0.29, 0.717) is 6.66 Å². The molecule has 0 saturated heterocycles. The summed E-state index contributed by atoms with van der Waals surface area (Å²) < 4.78 is 45.9. The molecule has 1 unspecified atom stereocenters. The number of rotatable bonds is 6. The number of hydrogen-bond donors (Lipinski definition) is 8. The van der Waals surface area contributed by atoms with Gasteiger partial charge in [-0.05, 0) is 0 Å². The van der Waals surface area contributed by atoms with E-state index in [9.17, 15) is 33.9 Å². The highest BCUT2D eigenvalue weighted by Gasteiger charge is 2.55. The van der Waals surface area contributed by atoms with Crippen LogP contribution < -0.4 is 0 Å². The minimum atomic E-state index is -5.32. The maximum absolute atomic E-state index is 11.4. The normalized spacial score (nSPS) is 37.9. The lowest BCUT2D eigenvalue weighted by molar-refractivity contribution is -0.210. The summed E-state index contributed by atoms with van der Waals surface area (Å²) in [6.45, 7) is 0.629.